The number of carbonyl (C=O) groups is 9. The first-order valence-corrected chi connectivity index (χ1v) is 26.9. The van der Waals surface area contributed by atoms with Crippen LogP contribution in [0.5, 0.6) is 28.7 Å². The maximum Gasteiger partial charge on any atom is 0.343 e. The summed E-state index contributed by atoms with van der Waals surface area (Å²) in [5.41, 5.74) is -0.197. The van der Waals surface area contributed by atoms with Gasteiger partial charge in [-0.25, -0.2) is 24.0 Å². The maximum atomic E-state index is 13.5. The number of hydrogen-bond donors (Lipinski definition) is 0. The zero-order valence-corrected chi connectivity index (χ0v) is 45.3. The Balaban J connectivity index is 1.14. The van der Waals surface area contributed by atoms with Crippen LogP contribution in [0.4, 0.5) is 0 Å². The summed E-state index contributed by atoms with van der Waals surface area (Å²) in [5.74, 6) is -7.72. The Kier molecular flexibility index (Phi) is 26.9. The van der Waals surface area contributed by atoms with Gasteiger partial charge in [0.05, 0.1) is 68.9 Å². The zero-order chi connectivity index (χ0) is 57.7. The van der Waals surface area contributed by atoms with Gasteiger partial charge in [-0.2, -0.15) is 0 Å². The van der Waals surface area contributed by atoms with Crippen molar-refractivity contribution in [2.45, 2.75) is 90.9 Å². The minimum absolute atomic E-state index is 0.0101. The molecule has 80 heavy (non-hydrogen) atoms. The Hall–Kier alpha value is -7.91. The van der Waals surface area contributed by atoms with E-state index in [1.54, 1.807) is 26.0 Å². The summed E-state index contributed by atoms with van der Waals surface area (Å²) in [6.45, 7) is 12.0. The Morgan fingerprint density at radius 2 is 0.800 bits per heavy atom. The smallest absolute Gasteiger partial charge is 0.343 e. The maximum absolute atomic E-state index is 13.5. The van der Waals surface area contributed by atoms with E-state index in [4.69, 9.17) is 56.8 Å². The van der Waals surface area contributed by atoms with Crippen LogP contribution in [0.25, 0.3) is 0 Å². The lowest BCUT2D eigenvalue weighted by atomic mass is 9.82. The van der Waals surface area contributed by atoms with Crippen molar-refractivity contribution < 1.29 is 100.0 Å². The second-order valence-electron chi connectivity index (χ2n) is 18.4. The molecule has 3 aromatic rings. The molecule has 0 unspecified atom stereocenters. The van der Waals surface area contributed by atoms with Gasteiger partial charge in [-0.05, 0) is 152 Å². The first-order valence-electron chi connectivity index (χ1n) is 26.9. The van der Waals surface area contributed by atoms with Crippen LogP contribution in [0.15, 0.2) is 86.0 Å². The molecule has 2 aliphatic carbocycles. The van der Waals surface area contributed by atoms with Gasteiger partial charge in [0.25, 0.3) is 0 Å². The monoisotopic (exact) mass is 1110 g/mol. The van der Waals surface area contributed by atoms with Crippen LogP contribution < -0.4 is 23.7 Å². The summed E-state index contributed by atoms with van der Waals surface area (Å²) in [6, 6.07) is 14.1. The predicted molar refractivity (Wildman–Crippen MR) is 283 cm³/mol. The Bertz CT molecular complexity index is 2590. The van der Waals surface area contributed by atoms with Crippen molar-refractivity contribution >= 4 is 53.7 Å². The standard InChI is InChI=1S/C59H70O21/c1-5-51(60)72-30-10-9-29-71-44-23-21-43(22-24-44)57(66)80-50-28-26-46(38-48(50)59(68)76-36-34-70-8-4)78-55(64)41-19-17-40(18-20-41)54(63)77-45-25-27-49(47(37-45)58(67)75-35-33-69-7-3)79-56(65)42-15-13-39(14-16-42)53(62)74-32-12-11-31-73-52(61)6-2/h5-6,21-28,37-42H,1-2,7-20,29-36H2,3-4H3. The van der Waals surface area contributed by atoms with E-state index in [1.807, 2.05) is 0 Å². The van der Waals surface area contributed by atoms with Gasteiger partial charge in [0, 0.05) is 25.4 Å². The predicted octanol–water partition coefficient (Wildman–Crippen LogP) is 8.26. The lowest BCUT2D eigenvalue weighted by Gasteiger charge is -2.26. The molecule has 0 atom stereocenters. The van der Waals surface area contributed by atoms with Gasteiger partial charge in [0.2, 0.25) is 0 Å². The Labute approximate surface area is 464 Å². The van der Waals surface area contributed by atoms with Gasteiger partial charge in [-0.1, -0.05) is 13.2 Å². The number of benzene rings is 3. The third-order valence-electron chi connectivity index (χ3n) is 12.8. The van der Waals surface area contributed by atoms with Crippen LogP contribution in [-0.2, 0) is 61.9 Å². The second-order valence-corrected chi connectivity index (χ2v) is 18.4. The van der Waals surface area contributed by atoms with Crippen LogP contribution in [-0.4, -0.2) is 120 Å². The highest BCUT2D eigenvalue weighted by Crippen LogP contribution is 2.35. The van der Waals surface area contributed by atoms with Crippen molar-refractivity contribution in [3.63, 3.8) is 0 Å². The molecule has 0 amide bonds. The molecule has 2 saturated carbocycles. The molecular formula is C59H70O21. The largest absolute Gasteiger partial charge is 0.494 e. The number of carbonyl (C=O) groups excluding carboxylic acids is 9. The number of esters is 9. The number of ether oxygens (including phenoxy) is 12. The van der Waals surface area contributed by atoms with Crippen molar-refractivity contribution in [3.05, 3.63) is 103 Å². The van der Waals surface area contributed by atoms with E-state index >= 15 is 0 Å². The highest BCUT2D eigenvalue weighted by molar-refractivity contribution is 5.97. The third-order valence-corrected chi connectivity index (χ3v) is 12.8. The molecule has 0 N–H and O–H groups in total. The molecule has 21 heteroatoms. The average Bonchev–Trinajstić information content (AvgIpc) is 3.48. The van der Waals surface area contributed by atoms with Crippen LogP contribution in [0, 0.1) is 23.7 Å². The number of unbranched alkanes of at least 4 members (excludes halogenated alkanes) is 2. The molecule has 0 radical (unpaired) electrons. The molecule has 0 aliphatic heterocycles. The summed E-state index contributed by atoms with van der Waals surface area (Å²) in [5, 5.41) is 0. The normalized spacial score (nSPS) is 16.6. The summed E-state index contributed by atoms with van der Waals surface area (Å²) in [6.07, 6.45) is 6.88. The van der Waals surface area contributed by atoms with E-state index in [9.17, 15) is 43.2 Å². The van der Waals surface area contributed by atoms with Crippen molar-refractivity contribution in [3.8, 4) is 28.7 Å². The third kappa shape index (κ3) is 21.0. The Morgan fingerprint density at radius 3 is 1.24 bits per heavy atom. The molecule has 21 nitrogen and oxygen atoms in total. The highest BCUT2D eigenvalue weighted by Gasteiger charge is 2.35. The van der Waals surface area contributed by atoms with Crippen molar-refractivity contribution in [2.24, 2.45) is 23.7 Å². The minimum Gasteiger partial charge on any atom is -0.494 e. The fraction of sp³-hybridized carbons (Fsp3) is 0.475. The van der Waals surface area contributed by atoms with Crippen LogP contribution in [0.2, 0.25) is 0 Å². The SMILES string of the molecule is C=CC(=O)OCCCCOC(=O)C1CCC(C(=O)Oc2ccc(OC(=O)C3CCC(C(=O)Oc4ccc(OC(=O)c5ccc(OCCCCOC(=O)C=C)cc5)c(C(=O)OCCOCC)c4)CC3)cc2C(=O)OCCOCC)CC1. The van der Waals surface area contributed by atoms with Gasteiger partial charge in [-0.3, -0.25) is 19.2 Å². The van der Waals surface area contributed by atoms with E-state index in [2.05, 4.69) is 13.2 Å². The summed E-state index contributed by atoms with van der Waals surface area (Å²) < 4.78 is 65.1. The average molecular weight is 1120 g/mol. The van der Waals surface area contributed by atoms with E-state index in [0.29, 0.717) is 76.9 Å². The zero-order valence-electron chi connectivity index (χ0n) is 45.3. The molecule has 432 valence electrons. The molecule has 0 spiro atoms. The second kappa shape index (κ2) is 34.2. The van der Waals surface area contributed by atoms with Crippen molar-refractivity contribution in [1.82, 2.24) is 0 Å². The molecular weight excluding hydrogens is 1040 g/mol. The molecule has 0 heterocycles. The van der Waals surface area contributed by atoms with Gasteiger partial charge in [0.1, 0.15) is 53.1 Å². The molecule has 2 fully saturated rings. The van der Waals surface area contributed by atoms with Crippen LogP contribution in [0.3, 0.4) is 0 Å². The topological polar surface area (TPSA) is 264 Å². The van der Waals surface area contributed by atoms with Crippen molar-refractivity contribution in [2.75, 3.05) is 66.1 Å². The lowest BCUT2D eigenvalue weighted by molar-refractivity contribution is -0.152. The molecule has 2 aliphatic rings. The fourth-order valence-electron chi connectivity index (χ4n) is 8.39. The molecule has 0 aromatic heterocycles. The van der Waals surface area contributed by atoms with Gasteiger partial charge in [-0.15, -0.1) is 0 Å². The quantitative estimate of drug-likeness (QED) is 0.0187. The molecule has 5 rings (SSSR count). The first kappa shape index (κ1) is 62.9. The highest BCUT2D eigenvalue weighted by atomic mass is 16.6. The van der Waals surface area contributed by atoms with E-state index in [-0.39, 0.29) is 118 Å². The van der Waals surface area contributed by atoms with E-state index in [1.165, 1.54) is 48.5 Å². The summed E-state index contributed by atoms with van der Waals surface area (Å²) in [4.78, 5) is 116. The molecule has 0 saturated heterocycles. The van der Waals surface area contributed by atoms with E-state index < -0.39 is 71.4 Å². The van der Waals surface area contributed by atoms with Crippen molar-refractivity contribution in [1.29, 1.82) is 0 Å². The van der Waals surface area contributed by atoms with E-state index in [0.717, 1.165) is 12.2 Å². The molecule has 3 aromatic carbocycles. The molecule has 0 bridgehead atoms. The van der Waals surface area contributed by atoms with Gasteiger partial charge < -0.3 is 56.8 Å². The summed E-state index contributed by atoms with van der Waals surface area (Å²) in [7, 11) is 0. The lowest BCUT2D eigenvalue weighted by Crippen LogP contribution is -2.30. The first-order chi connectivity index (χ1) is 38.7. The minimum atomic E-state index is -0.860. The number of rotatable bonds is 32. The van der Waals surface area contributed by atoms with Gasteiger partial charge in [0.15, 0.2) is 0 Å². The van der Waals surface area contributed by atoms with Crippen LogP contribution in [0.1, 0.15) is 122 Å². The van der Waals surface area contributed by atoms with Crippen LogP contribution >= 0.6 is 0 Å². The Morgan fingerprint density at radius 1 is 0.412 bits per heavy atom. The fourth-order valence-corrected chi connectivity index (χ4v) is 8.39. The van der Waals surface area contributed by atoms with Gasteiger partial charge >= 0.3 is 53.7 Å². The number of hydrogen-bond acceptors (Lipinski definition) is 21. The summed E-state index contributed by atoms with van der Waals surface area (Å²) >= 11 is 0.